The predicted octanol–water partition coefficient (Wildman–Crippen LogP) is -0.495. The number of rotatable bonds is 26. The zero-order chi connectivity index (χ0) is 49.5. The second kappa shape index (κ2) is 29.2. The van der Waals surface area contributed by atoms with Crippen molar-refractivity contribution in [3.05, 3.63) is 29.8 Å². The van der Waals surface area contributed by atoms with Gasteiger partial charge in [-0.3, -0.25) is 62.9 Å². The van der Waals surface area contributed by atoms with Crippen LogP contribution in [0.3, 0.4) is 0 Å². The third-order valence-corrected chi connectivity index (χ3v) is 11.8. The number of hydrogen-bond acceptors (Lipinski definition) is 15. The number of benzene rings is 1. The summed E-state index contributed by atoms with van der Waals surface area (Å²) >= 11 is 1.46. The van der Waals surface area contributed by atoms with E-state index in [1.807, 2.05) is 6.26 Å². The highest BCUT2D eigenvalue weighted by Gasteiger charge is 2.35. The number of urea groups is 1. The van der Waals surface area contributed by atoms with Crippen LogP contribution >= 0.6 is 11.8 Å². The van der Waals surface area contributed by atoms with Crippen LogP contribution in [0.25, 0.3) is 0 Å². The molecule has 3 rings (SSSR count). The van der Waals surface area contributed by atoms with Gasteiger partial charge in [0.05, 0.1) is 32.2 Å². The number of carboxylic acids is 4. The van der Waals surface area contributed by atoms with Crippen molar-refractivity contribution in [1.82, 2.24) is 40.4 Å². The Morgan fingerprint density at radius 1 is 0.672 bits per heavy atom. The van der Waals surface area contributed by atoms with E-state index in [1.165, 1.54) is 16.7 Å². The minimum atomic E-state index is -1.26. The van der Waals surface area contributed by atoms with Gasteiger partial charge in [0, 0.05) is 96.3 Å². The number of unbranched alkanes of at least 4 members (excludes halogenated alkanes) is 1. The lowest BCUT2D eigenvalue weighted by atomic mass is 10.0. The van der Waals surface area contributed by atoms with E-state index in [0.717, 1.165) is 0 Å². The van der Waals surface area contributed by atoms with Gasteiger partial charge in [-0.15, -0.1) is 0 Å². The van der Waals surface area contributed by atoms with Crippen molar-refractivity contribution in [2.24, 2.45) is 5.92 Å². The fourth-order valence-electron chi connectivity index (χ4n) is 7.46. The highest BCUT2D eigenvalue weighted by molar-refractivity contribution is 7.98. The number of anilines is 1. The zero-order valence-electron chi connectivity index (χ0n) is 38.1. The third-order valence-electron chi connectivity index (χ3n) is 11.2. The minimum Gasteiger partial charge on any atom is -0.480 e. The van der Waals surface area contributed by atoms with Crippen LogP contribution in [0.4, 0.5) is 10.5 Å². The second-order valence-corrected chi connectivity index (χ2v) is 17.6. The Hall–Kier alpha value is -5.69. The van der Waals surface area contributed by atoms with Crippen molar-refractivity contribution in [2.75, 3.05) is 102 Å². The summed E-state index contributed by atoms with van der Waals surface area (Å²) in [5.41, 5.74) is 1.08. The topological polar surface area (TPSA) is 316 Å². The number of carbonyl (C=O) groups excluding carboxylic acids is 6. The summed E-state index contributed by atoms with van der Waals surface area (Å²) in [6.07, 6.45) is 2.46. The Bertz CT molecular complexity index is 1860. The molecule has 1 aromatic rings. The number of thioether (sulfide) groups is 1. The van der Waals surface area contributed by atoms with E-state index in [0.29, 0.717) is 29.8 Å². The molecule has 0 saturated carbocycles. The molecule has 2 fully saturated rings. The Morgan fingerprint density at radius 2 is 1.19 bits per heavy atom. The van der Waals surface area contributed by atoms with Gasteiger partial charge >= 0.3 is 29.9 Å². The van der Waals surface area contributed by atoms with Gasteiger partial charge in [-0.25, -0.2) is 9.59 Å². The average molecular weight is 964 g/mol. The smallest absolute Gasteiger partial charge is 0.326 e. The molecule has 8 N–H and O–H groups in total. The molecule has 1 unspecified atom stereocenters. The molecule has 3 atom stereocenters. The van der Waals surface area contributed by atoms with Crippen LogP contribution in [-0.4, -0.2) is 213 Å². The van der Waals surface area contributed by atoms with Crippen molar-refractivity contribution in [2.45, 2.75) is 70.5 Å². The maximum atomic E-state index is 13.2. The number of amides is 6. The average Bonchev–Trinajstić information content (AvgIpc) is 3.50. The molecular formula is C43H65N9O14S. The van der Waals surface area contributed by atoms with Gasteiger partial charge in [-0.2, -0.15) is 11.8 Å². The first kappa shape index (κ1) is 55.6. The number of likely N-dealkylation sites (tertiary alicyclic amines) is 1. The van der Waals surface area contributed by atoms with Crippen LogP contribution in [0.5, 0.6) is 0 Å². The Balaban J connectivity index is 1.49. The molecule has 67 heavy (non-hydrogen) atoms. The fourth-order valence-corrected chi connectivity index (χ4v) is 7.93. The van der Waals surface area contributed by atoms with E-state index in [-0.39, 0.29) is 147 Å². The first-order chi connectivity index (χ1) is 31.8. The number of nitrogens with one attached hydrogen (secondary N) is 4. The molecule has 23 nitrogen and oxygen atoms in total. The SMILES string of the molecule is CSCC[C@H](NC(=O)Nc1ccc(CNC(=O)CN2CCN(CC(=O)O)CCN(CC(=O)O)CCN(CC(=O)O)CC2)cc1)C(=O)CCC(=O)N[C@@H](CCCCN1C(=O)CC(C)C1=O)C(=O)O. The van der Waals surface area contributed by atoms with Gasteiger partial charge in [0.25, 0.3) is 0 Å². The standard InChI is InChI=1S/C43H65N9O14S/c1-29-23-37(56)52(41(29)63)13-4-3-5-33(42(64)65)46-35(54)11-10-34(53)32(12-22-67-2)47-43(66)45-31-8-6-30(7-9-31)24-44-36(55)25-48-14-16-49(26-38(57)58)18-20-51(28-40(61)62)21-19-50(17-15-48)27-39(59)60/h6-9,29,32-33H,3-5,10-28H2,1-2H3,(H,44,55)(H,46,54)(H,57,58)(H,59,60)(H,61,62)(H,64,65)(H2,45,47,66)/t29?,32-,33-/m0/s1. The van der Waals surface area contributed by atoms with E-state index >= 15 is 0 Å². The Labute approximate surface area is 393 Å². The van der Waals surface area contributed by atoms with Gasteiger partial charge in [0.2, 0.25) is 23.6 Å². The minimum absolute atomic E-state index is 0.0595. The predicted molar refractivity (Wildman–Crippen MR) is 244 cm³/mol. The van der Waals surface area contributed by atoms with Gasteiger partial charge < -0.3 is 41.7 Å². The lowest BCUT2D eigenvalue weighted by Gasteiger charge is -2.32. The van der Waals surface area contributed by atoms with Crippen molar-refractivity contribution in [1.29, 1.82) is 0 Å². The van der Waals surface area contributed by atoms with Crippen molar-refractivity contribution < 1.29 is 68.4 Å². The number of nitrogens with zero attached hydrogens (tertiary/aromatic N) is 5. The van der Waals surface area contributed by atoms with Crippen LogP contribution in [0.2, 0.25) is 0 Å². The fraction of sp³-hybridized carbons (Fsp3) is 0.628. The normalized spacial score (nSPS) is 17.9. The first-order valence-corrected chi connectivity index (χ1v) is 23.6. The number of carbonyl (C=O) groups is 10. The molecule has 0 spiro atoms. The molecule has 0 bridgehead atoms. The van der Waals surface area contributed by atoms with E-state index < -0.39 is 53.7 Å². The van der Waals surface area contributed by atoms with Crippen LogP contribution in [0.1, 0.15) is 57.4 Å². The molecule has 0 aromatic heterocycles. The van der Waals surface area contributed by atoms with Crippen molar-refractivity contribution in [3.63, 3.8) is 0 Å². The summed E-state index contributed by atoms with van der Waals surface area (Å²) in [6.45, 7) is 3.15. The van der Waals surface area contributed by atoms with Crippen molar-refractivity contribution in [3.8, 4) is 0 Å². The number of ketones is 1. The zero-order valence-corrected chi connectivity index (χ0v) is 38.9. The summed E-state index contributed by atoms with van der Waals surface area (Å²) in [7, 11) is 0. The van der Waals surface area contributed by atoms with Crippen LogP contribution in [0.15, 0.2) is 24.3 Å². The number of carboxylic acid groups (broad SMARTS) is 4. The molecule has 372 valence electrons. The summed E-state index contributed by atoms with van der Waals surface area (Å²) in [6, 6.07) is 3.75. The summed E-state index contributed by atoms with van der Waals surface area (Å²) in [5, 5.41) is 48.6. The monoisotopic (exact) mass is 963 g/mol. The maximum absolute atomic E-state index is 13.2. The Kier molecular flexibility index (Phi) is 24.2. The lowest BCUT2D eigenvalue weighted by Crippen LogP contribution is -2.49. The largest absolute Gasteiger partial charge is 0.480 e. The van der Waals surface area contributed by atoms with Crippen LogP contribution in [-0.2, 0) is 49.7 Å². The number of Topliss-reactive ketones (excluding diaryl/α,β-unsaturated/α-hetero) is 1. The molecule has 2 saturated heterocycles. The molecule has 0 aliphatic carbocycles. The maximum Gasteiger partial charge on any atom is 0.326 e. The molecule has 24 heteroatoms. The Morgan fingerprint density at radius 3 is 1.66 bits per heavy atom. The van der Waals surface area contributed by atoms with E-state index in [4.69, 9.17) is 0 Å². The molecule has 2 heterocycles. The molecular weight excluding hydrogens is 899 g/mol. The lowest BCUT2D eigenvalue weighted by molar-refractivity contribution is -0.142. The molecule has 0 radical (unpaired) electrons. The highest BCUT2D eigenvalue weighted by atomic mass is 32.2. The van der Waals surface area contributed by atoms with Crippen LogP contribution in [0, 0.1) is 5.92 Å². The van der Waals surface area contributed by atoms with Gasteiger partial charge in [0.1, 0.15) is 6.04 Å². The number of aliphatic carboxylic acids is 4. The van der Waals surface area contributed by atoms with E-state index in [1.54, 1.807) is 50.8 Å². The highest BCUT2D eigenvalue weighted by Crippen LogP contribution is 2.19. The van der Waals surface area contributed by atoms with Crippen LogP contribution < -0.4 is 21.3 Å². The second-order valence-electron chi connectivity index (χ2n) is 16.6. The van der Waals surface area contributed by atoms with E-state index in [9.17, 15) is 68.4 Å². The van der Waals surface area contributed by atoms with Gasteiger partial charge in [-0.1, -0.05) is 19.1 Å². The number of imide groups is 1. The number of hydrogen-bond donors (Lipinski definition) is 8. The summed E-state index contributed by atoms with van der Waals surface area (Å²) in [5.74, 6) is -6.20. The quantitative estimate of drug-likeness (QED) is 0.0429. The molecule has 2 aliphatic heterocycles. The molecule has 6 amide bonds. The van der Waals surface area contributed by atoms with E-state index in [2.05, 4.69) is 21.3 Å². The summed E-state index contributed by atoms with van der Waals surface area (Å²) < 4.78 is 0. The first-order valence-electron chi connectivity index (χ1n) is 22.2. The molecule has 2 aliphatic rings. The van der Waals surface area contributed by atoms with Gasteiger partial charge in [-0.05, 0) is 55.4 Å². The van der Waals surface area contributed by atoms with Gasteiger partial charge in [0.15, 0.2) is 5.78 Å². The summed E-state index contributed by atoms with van der Waals surface area (Å²) in [4.78, 5) is 131. The molecule has 1 aromatic carbocycles. The van der Waals surface area contributed by atoms with Crippen molar-refractivity contribution >= 4 is 76.8 Å². The third kappa shape index (κ3) is 21.7.